The van der Waals surface area contributed by atoms with Crippen molar-refractivity contribution in [3.05, 3.63) is 29.6 Å². The molecule has 0 saturated heterocycles. The fourth-order valence-electron chi connectivity index (χ4n) is 1.33. The maximum Gasteiger partial charge on any atom is 0.338 e. The maximum absolute atomic E-state index is 13.3. The van der Waals surface area contributed by atoms with Gasteiger partial charge in [0.15, 0.2) is 0 Å². The number of rotatable bonds is 5. The third kappa shape index (κ3) is 3.20. The van der Waals surface area contributed by atoms with Crippen LogP contribution in [-0.4, -0.2) is 28.8 Å². The number of aliphatic hydroxyl groups excluding tert-OH is 1. The molecule has 0 amide bonds. The Morgan fingerprint density at radius 3 is 2.75 bits per heavy atom. The minimum absolute atomic E-state index is 0.0000723. The third-order valence-corrected chi connectivity index (χ3v) is 2.17. The molecule has 5 heteroatoms. The average molecular weight is 227 g/mol. The predicted octanol–water partition coefficient (Wildman–Crippen LogP) is 1.71. The molecule has 1 rings (SSSR count). The molecule has 1 aromatic carbocycles. The van der Waals surface area contributed by atoms with E-state index in [4.69, 9.17) is 10.2 Å². The lowest BCUT2D eigenvalue weighted by atomic mass is 10.1. The van der Waals surface area contributed by atoms with Crippen molar-refractivity contribution in [1.29, 1.82) is 0 Å². The quantitative estimate of drug-likeness (QED) is 0.716. The molecule has 0 spiro atoms. The summed E-state index contributed by atoms with van der Waals surface area (Å²) in [5, 5.41) is 20.3. The van der Waals surface area contributed by atoms with E-state index in [1.165, 1.54) is 12.1 Å². The maximum atomic E-state index is 13.3. The van der Waals surface area contributed by atoms with Gasteiger partial charge < -0.3 is 15.5 Å². The van der Waals surface area contributed by atoms with Crippen LogP contribution >= 0.6 is 0 Å². The van der Waals surface area contributed by atoms with Crippen molar-refractivity contribution in [1.82, 2.24) is 0 Å². The molecule has 16 heavy (non-hydrogen) atoms. The summed E-state index contributed by atoms with van der Waals surface area (Å²) in [5.74, 6) is -2.05. The van der Waals surface area contributed by atoms with Gasteiger partial charge >= 0.3 is 5.97 Å². The molecule has 88 valence electrons. The lowest BCUT2D eigenvalue weighted by Gasteiger charge is -2.14. The summed E-state index contributed by atoms with van der Waals surface area (Å²) < 4.78 is 13.3. The van der Waals surface area contributed by atoms with E-state index in [1.54, 1.807) is 0 Å². The first kappa shape index (κ1) is 12.4. The topological polar surface area (TPSA) is 69.6 Å². The molecule has 0 heterocycles. The van der Waals surface area contributed by atoms with Crippen LogP contribution in [0.4, 0.5) is 10.1 Å². The first-order valence-corrected chi connectivity index (χ1v) is 4.95. The van der Waals surface area contributed by atoms with E-state index in [0.717, 1.165) is 6.07 Å². The molecule has 0 aliphatic carbocycles. The molecule has 0 fully saturated rings. The van der Waals surface area contributed by atoms with Crippen molar-refractivity contribution >= 4 is 11.7 Å². The highest BCUT2D eigenvalue weighted by atomic mass is 19.1. The number of nitrogens with one attached hydrogen (secondary N) is 1. The fraction of sp³-hybridized carbons (Fsp3) is 0.364. The summed E-state index contributed by atoms with van der Waals surface area (Å²) in [7, 11) is 0. The van der Waals surface area contributed by atoms with Crippen molar-refractivity contribution in [2.24, 2.45) is 0 Å². The summed E-state index contributed by atoms with van der Waals surface area (Å²) in [6.45, 7) is 1.89. The number of aliphatic hydroxyl groups is 1. The van der Waals surface area contributed by atoms with Gasteiger partial charge in [0.25, 0.3) is 0 Å². The largest absolute Gasteiger partial charge is 0.478 e. The molecule has 0 aliphatic rings. The lowest BCUT2D eigenvalue weighted by molar-refractivity contribution is 0.0692. The number of carboxylic acids is 1. The number of halogens is 1. The molecule has 4 nitrogen and oxygen atoms in total. The number of aromatic carboxylic acids is 1. The van der Waals surface area contributed by atoms with Gasteiger partial charge in [0.2, 0.25) is 0 Å². The van der Waals surface area contributed by atoms with Crippen LogP contribution in [-0.2, 0) is 0 Å². The average Bonchev–Trinajstić information content (AvgIpc) is 2.17. The van der Waals surface area contributed by atoms with Crippen LogP contribution < -0.4 is 5.32 Å². The normalized spacial score (nSPS) is 12.2. The van der Waals surface area contributed by atoms with Crippen molar-refractivity contribution in [3.8, 4) is 0 Å². The zero-order valence-corrected chi connectivity index (χ0v) is 8.90. The highest BCUT2D eigenvalue weighted by Gasteiger charge is 2.11. The summed E-state index contributed by atoms with van der Waals surface area (Å²) in [6.07, 6.45) is 0.544. The van der Waals surface area contributed by atoms with Gasteiger partial charge in [-0.05, 0) is 31.5 Å². The molecule has 0 bridgehead atoms. The van der Waals surface area contributed by atoms with Gasteiger partial charge in [0.05, 0.1) is 5.56 Å². The molecular formula is C11H14FNO3. The predicted molar refractivity (Wildman–Crippen MR) is 58.1 cm³/mol. The minimum atomic E-state index is -1.28. The second-order valence-electron chi connectivity index (χ2n) is 3.56. The van der Waals surface area contributed by atoms with Gasteiger partial charge in [-0.25, -0.2) is 9.18 Å². The van der Waals surface area contributed by atoms with Crippen LogP contribution in [0.1, 0.15) is 23.7 Å². The second-order valence-corrected chi connectivity index (χ2v) is 3.56. The Bertz CT molecular complexity index is 381. The van der Waals surface area contributed by atoms with Crippen LogP contribution in [0.2, 0.25) is 0 Å². The standard InChI is InChI=1S/C11H14FNO3/c1-7(4-5-14)13-8-2-3-9(11(15)16)10(12)6-8/h2-3,6-7,13-14H,4-5H2,1H3,(H,15,16). The second kappa shape index (κ2) is 5.46. The van der Waals surface area contributed by atoms with Crippen molar-refractivity contribution in [2.45, 2.75) is 19.4 Å². The number of hydrogen-bond donors (Lipinski definition) is 3. The zero-order chi connectivity index (χ0) is 12.1. The SMILES string of the molecule is CC(CCO)Nc1ccc(C(=O)O)c(F)c1. The summed E-state index contributed by atoms with van der Waals surface area (Å²) >= 11 is 0. The monoisotopic (exact) mass is 227 g/mol. The van der Waals surface area contributed by atoms with Crippen molar-refractivity contribution in [2.75, 3.05) is 11.9 Å². The Morgan fingerprint density at radius 1 is 1.56 bits per heavy atom. The molecule has 0 aromatic heterocycles. The highest BCUT2D eigenvalue weighted by molar-refractivity contribution is 5.88. The van der Waals surface area contributed by atoms with Crippen LogP contribution in [0.3, 0.4) is 0 Å². The molecule has 0 saturated carbocycles. The molecular weight excluding hydrogens is 213 g/mol. The molecule has 1 aromatic rings. The van der Waals surface area contributed by atoms with Gasteiger partial charge in [-0.1, -0.05) is 0 Å². The van der Waals surface area contributed by atoms with Crippen molar-refractivity contribution < 1.29 is 19.4 Å². The minimum Gasteiger partial charge on any atom is -0.478 e. The van der Waals surface area contributed by atoms with E-state index >= 15 is 0 Å². The summed E-state index contributed by atoms with van der Waals surface area (Å²) in [6, 6.07) is 3.85. The number of carboxylic acid groups (broad SMARTS) is 1. The Balaban J connectivity index is 2.77. The molecule has 1 atom stereocenters. The highest BCUT2D eigenvalue weighted by Crippen LogP contribution is 2.15. The smallest absolute Gasteiger partial charge is 0.338 e. The molecule has 0 radical (unpaired) electrons. The van der Waals surface area contributed by atoms with Crippen LogP contribution in [0.5, 0.6) is 0 Å². The van der Waals surface area contributed by atoms with E-state index < -0.39 is 11.8 Å². The van der Waals surface area contributed by atoms with Crippen molar-refractivity contribution in [3.63, 3.8) is 0 Å². The van der Waals surface area contributed by atoms with E-state index in [0.29, 0.717) is 12.1 Å². The first-order valence-electron chi connectivity index (χ1n) is 4.95. The number of anilines is 1. The Labute approximate surface area is 92.7 Å². The third-order valence-electron chi connectivity index (χ3n) is 2.17. The van der Waals surface area contributed by atoms with Crippen LogP contribution in [0.15, 0.2) is 18.2 Å². The summed E-state index contributed by atoms with van der Waals surface area (Å²) in [4.78, 5) is 10.6. The zero-order valence-electron chi connectivity index (χ0n) is 8.90. The Hall–Kier alpha value is -1.62. The van der Waals surface area contributed by atoms with Crippen LogP contribution in [0, 0.1) is 5.82 Å². The molecule has 1 unspecified atom stereocenters. The molecule has 0 aliphatic heterocycles. The van der Waals surface area contributed by atoms with E-state index in [-0.39, 0.29) is 18.2 Å². The van der Waals surface area contributed by atoms with Crippen LogP contribution in [0.25, 0.3) is 0 Å². The van der Waals surface area contributed by atoms with Gasteiger partial charge in [0, 0.05) is 18.3 Å². The number of hydrogen-bond acceptors (Lipinski definition) is 3. The van der Waals surface area contributed by atoms with E-state index in [9.17, 15) is 9.18 Å². The van der Waals surface area contributed by atoms with Gasteiger partial charge in [0.1, 0.15) is 5.82 Å². The Kier molecular flexibility index (Phi) is 4.25. The van der Waals surface area contributed by atoms with E-state index in [1.807, 2.05) is 6.92 Å². The van der Waals surface area contributed by atoms with Gasteiger partial charge in [-0.2, -0.15) is 0 Å². The fourth-order valence-corrected chi connectivity index (χ4v) is 1.33. The molecule has 3 N–H and O–H groups in total. The number of benzene rings is 1. The lowest BCUT2D eigenvalue weighted by Crippen LogP contribution is -2.16. The Morgan fingerprint density at radius 2 is 2.25 bits per heavy atom. The van der Waals surface area contributed by atoms with Gasteiger partial charge in [-0.3, -0.25) is 0 Å². The van der Waals surface area contributed by atoms with Gasteiger partial charge in [-0.15, -0.1) is 0 Å². The number of carbonyl (C=O) groups is 1. The summed E-state index contributed by atoms with van der Waals surface area (Å²) in [5.41, 5.74) is 0.156. The first-order chi connectivity index (χ1) is 7.54. The van der Waals surface area contributed by atoms with E-state index in [2.05, 4.69) is 5.32 Å².